The average Bonchev–Trinajstić information content (AvgIpc) is 3.29. The van der Waals surface area contributed by atoms with E-state index in [9.17, 15) is 21.6 Å². The molecule has 1 heterocycles. The van der Waals surface area contributed by atoms with E-state index in [0.29, 0.717) is 23.1 Å². The Kier molecular flexibility index (Phi) is 6.73. The van der Waals surface area contributed by atoms with Crippen LogP contribution in [-0.2, 0) is 28.9 Å². The van der Waals surface area contributed by atoms with Gasteiger partial charge >= 0.3 is 0 Å². The molecule has 0 saturated carbocycles. The summed E-state index contributed by atoms with van der Waals surface area (Å²) in [5.41, 5.74) is 2.08. The first kappa shape index (κ1) is 24.6. The van der Waals surface area contributed by atoms with Crippen LogP contribution in [0.25, 0.3) is 11.4 Å². The van der Waals surface area contributed by atoms with Crippen LogP contribution >= 0.6 is 0 Å². The highest BCUT2D eigenvalue weighted by molar-refractivity contribution is 7.89. The molecule has 3 aromatic carbocycles. The number of alkyl halides is 2. The summed E-state index contributed by atoms with van der Waals surface area (Å²) in [5, 5.41) is 12.4. The molecule has 4 aromatic rings. The number of rotatable bonds is 8. The van der Waals surface area contributed by atoms with Gasteiger partial charge in [0.05, 0.1) is 11.4 Å². The second kappa shape index (κ2) is 9.59. The Morgan fingerprint density at radius 1 is 1.00 bits per heavy atom. The van der Waals surface area contributed by atoms with E-state index < -0.39 is 21.8 Å². The van der Waals surface area contributed by atoms with E-state index in [1.165, 1.54) is 42.2 Å². The number of sulfonamides is 1. The molecule has 11 heteroatoms. The summed E-state index contributed by atoms with van der Waals surface area (Å²) >= 11 is 0. The lowest BCUT2D eigenvalue weighted by molar-refractivity contribution is 0.0174. The first-order valence-electron chi connectivity index (χ1n) is 10.6. The summed E-state index contributed by atoms with van der Waals surface area (Å²) in [5.74, 6) is -3.20. The van der Waals surface area contributed by atoms with Crippen molar-refractivity contribution < 1.29 is 21.6 Å². The number of benzene rings is 3. The van der Waals surface area contributed by atoms with Gasteiger partial charge in [-0.3, -0.25) is 0 Å². The average molecular weight is 502 g/mol. The molecular formula is C24H22F3N5O2S. The van der Waals surface area contributed by atoms with Gasteiger partial charge in [0.25, 0.3) is 5.92 Å². The Morgan fingerprint density at radius 3 is 2.37 bits per heavy atom. The van der Waals surface area contributed by atoms with Crippen LogP contribution in [0.1, 0.15) is 29.2 Å². The smallest absolute Gasteiger partial charge is 0.214 e. The molecule has 0 saturated heterocycles. The van der Waals surface area contributed by atoms with Crippen LogP contribution in [0, 0.1) is 5.82 Å². The minimum absolute atomic E-state index is 0.00479. The Hall–Kier alpha value is -3.57. The lowest BCUT2D eigenvalue weighted by Gasteiger charge is -2.13. The molecule has 182 valence electrons. The van der Waals surface area contributed by atoms with Gasteiger partial charge in [-0.1, -0.05) is 48.5 Å². The highest BCUT2D eigenvalue weighted by Gasteiger charge is 2.24. The normalized spacial score (nSPS) is 12.1. The number of nitrogens with zero attached hydrogens (tertiary/aromatic N) is 4. The van der Waals surface area contributed by atoms with Crippen LogP contribution in [0.5, 0.6) is 0 Å². The van der Waals surface area contributed by atoms with Crippen molar-refractivity contribution >= 4 is 10.0 Å². The number of hydrogen-bond acceptors (Lipinski definition) is 5. The Morgan fingerprint density at radius 2 is 1.71 bits per heavy atom. The van der Waals surface area contributed by atoms with E-state index in [0.717, 1.165) is 12.5 Å². The second-order valence-corrected chi connectivity index (χ2v) is 9.91. The van der Waals surface area contributed by atoms with Gasteiger partial charge in [0.1, 0.15) is 5.82 Å². The fourth-order valence-corrected chi connectivity index (χ4v) is 4.29. The molecule has 0 aliphatic carbocycles. The molecule has 0 unspecified atom stereocenters. The summed E-state index contributed by atoms with van der Waals surface area (Å²) in [4.78, 5) is 1.22. The van der Waals surface area contributed by atoms with Crippen molar-refractivity contribution in [2.24, 2.45) is 0 Å². The quantitative estimate of drug-likeness (QED) is 0.392. The van der Waals surface area contributed by atoms with Crippen molar-refractivity contribution in [1.82, 2.24) is 24.9 Å². The summed E-state index contributed by atoms with van der Waals surface area (Å²) in [7, 11) is -2.45. The van der Waals surface area contributed by atoms with Gasteiger partial charge in [0, 0.05) is 23.6 Å². The van der Waals surface area contributed by atoms with Crippen molar-refractivity contribution in [3.05, 3.63) is 94.8 Å². The third kappa shape index (κ3) is 5.57. The predicted octanol–water partition coefficient (Wildman–Crippen LogP) is 4.14. The fourth-order valence-electron chi connectivity index (χ4n) is 3.54. The minimum Gasteiger partial charge on any atom is -0.214 e. The number of nitrogens with one attached hydrogen (secondary N) is 1. The Bertz CT molecular complexity index is 1450. The van der Waals surface area contributed by atoms with Gasteiger partial charge in [-0.15, -0.1) is 10.2 Å². The van der Waals surface area contributed by atoms with Crippen LogP contribution < -0.4 is 4.72 Å². The van der Waals surface area contributed by atoms with Crippen molar-refractivity contribution in [1.29, 1.82) is 0 Å². The van der Waals surface area contributed by atoms with Crippen LogP contribution in [-0.4, -0.2) is 35.7 Å². The molecular weight excluding hydrogens is 479 g/mol. The highest BCUT2D eigenvalue weighted by atomic mass is 32.2. The highest BCUT2D eigenvalue weighted by Crippen LogP contribution is 2.29. The Balaban J connectivity index is 1.71. The van der Waals surface area contributed by atoms with E-state index >= 15 is 0 Å². The van der Waals surface area contributed by atoms with Crippen molar-refractivity contribution in [3.8, 4) is 11.4 Å². The van der Waals surface area contributed by atoms with E-state index in [1.54, 1.807) is 36.4 Å². The fraction of sp³-hybridized carbons (Fsp3) is 0.208. The summed E-state index contributed by atoms with van der Waals surface area (Å²) in [6, 6.07) is 16.6. The summed E-state index contributed by atoms with van der Waals surface area (Å²) < 4.78 is 68.2. The van der Waals surface area contributed by atoms with Gasteiger partial charge in [-0.2, -0.15) is 4.80 Å². The van der Waals surface area contributed by atoms with Gasteiger partial charge in [-0.25, -0.2) is 26.3 Å². The summed E-state index contributed by atoms with van der Waals surface area (Å²) in [6.07, 6.45) is 0.312. The zero-order valence-corrected chi connectivity index (χ0v) is 19.7. The zero-order chi connectivity index (χ0) is 25.2. The molecule has 0 fully saturated rings. The topological polar surface area (TPSA) is 89.8 Å². The lowest BCUT2D eigenvalue weighted by atomic mass is 9.98. The molecule has 0 aliphatic rings. The molecule has 1 aromatic heterocycles. The SMILES string of the molecule is CNS(=O)(=O)c1ccc(Cc2ccc(C(C)(F)F)cc2)c(-c2nnn(Cc3ccccc3F)n2)c1. The zero-order valence-electron chi connectivity index (χ0n) is 18.9. The first-order chi connectivity index (χ1) is 16.6. The third-order valence-corrected chi connectivity index (χ3v) is 6.89. The molecule has 0 spiro atoms. The van der Waals surface area contributed by atoms with Crippen LogP contribution in [0.3, 0.4) is 0 Å². The molecule has 7 nitrogen and oxygen atoms in total. The van der Waals surface area contributed by atoms with E-state index in [4.69, 9.17) is 0 Å². The standard InChI is InChI=1S/C24H22F3N5O2S/c1-24(26,27)19-10-7-16(8-11-19)13-17-9-12-20(35(33,34)28-2)14-21(17)23-29-31-32(30-23)15-18-5-3-4-6-22(18)25/h3-12,14,28H,13,15H2,1-2H3. The van der Waals surface area contributed by atoms with Gasteiger partial charge in [0.2, 0.25) is 15.8 Å². The number of aromatic nitrogens is 4. The number of halogens is 3. The maximum absolute atomic E-state index is 14.0. The molecule has 0 amide bonds. The summed E-state index contributed by atoms with van der Waals surface area (Å²) in [6.45, 7) is 0.869. The van der Waals surface area contributed by atoms with Crippen LogP contribution in [0.15, 0.2) is 71.6 Å². The van der Waals surface area contributed by atoms with E-state index in [-0.39, 0.29) is 22.8 Å². The first-order valence-corrected chi connectivity index (χ1v) is 12.1. The van der Waals surface area contributed by atoms with Gasteiger partial charge in [0.15, 0.2) is 0 Å². The van der Waals surface area contributed by atoms with Crippen molar-refractivity contribution in [2.45, 2.75) is 30.7 Å². The van der Waals surface area contributed by atoms with Crippen molar-refractivity contribution in [2.75, 3.05) is 7.05 Å². The monoisotopic (exact) mass is 501 g/mol. The Labute approximate surface area is 200 Å². The van der Waals surface area contributed by atoms with E-state index in [1.807, 2.05) is 0 Å². The molecule has 0 aliphatic heterocycles. The van der Waals surface area contributed by atoms with E-state index in [2.05, 4.69) is 20.1 Å². The van der Waals surface area contributed by atoms with Crippen LogP contribution in [0.4, 0.5) is 13.2 Å². The number of hydrogen-bond donors (Lipinski definition) is 1. The van der Waals surface area contributed by atoms with Gasteiger partial charge < -0.3 is 0 Å². The third-order valence-electron chi connectivity index (χ3n) is 5.48. The number of tetrazole rings is 1. The molecule has 1 N–H and O–H groups in total. The maximum Gasteiger partial charge on any atom is 0.270 e. The molecule has 4 rings (SSSR count). The molecule has 0 atom stereocenters. The molecule has 0 bridgehead atoms. The maximum atomic E-state index is 14.0. The second-order valence-electron chi connectivity index (χ2n) is 8.02. The minimum atomic E-state index is -3.75. The van der Waals surface area contributed by atoms with Gasteiger partial charge in [-0.05, 0) is 48.0 Å². The molecule has 35 heavy (non-hydrogen) atoms. The lowest BCUT2D eigenvalue weighted by Crippen LogP contribution is -2.18. The van der Waals surface area contributed by atoms with Crippen molar-refractivity contribution in [3.63, 3.8) is 0 Å². The largest absolute Gasteiger partial charge is 0.270 e. The van der Waals surface area contributed by atoms with Crippen LogP contribution in [0.2, 0.25) is 0 Å². The predicted molar refractivity (Wildman–Crippen MR) is 124 cm³/mol. The molecule has 0 radical (unpaired) electrons.